The first-order chi connectivity index (χ1) is 16.7. The minimum atomic E-state index is -3.79. The highest BCUT2D eigenvalue weighted by Crippen LogP contribution is 2.21. The van der Waals surface area contributed by atoms with Gasteiger partial charge in [0.05, 0.1) is 24.3 Å². The molecule has 0 aliphatic carbocycles. The topological polar surface area (TPSA) is 130 Å². The normalized spacial score (nSPS) is 19.5. The van der Waals surface area contributed by atoms with Gasteiger partial charge in [0.2, 0.25) is 15.9 Å². The minimum Gasteiger partial charge on any atom is -0.389 e. The Labute approximate surface area is 205 Å². The van der Waals surface area contributed by atoms with Crippen LogP contribution in [-0.4, -0.2) is 85.6 Å². The van der Waals surface area contributed by atoms with Crippen LogP contribution < -0.4 is 5.32 Å². The predicted molar refractivity (Wildman–Crippen MR) is 125 cm³/mol. The molecule has 0 saturated carbocycles. The van der Waals surface area contributed by atoms with Gasteiger partial charge in [-0.2, -0.15) is 8.70 Å². The zero-order valence-corrected chi connectivity index (χ0v) is 20.5. The van der Waals surface area contributed by atoms with E-state index in [1.165, 1.54) is 35.5 Å². The number of hydrogen-bond acceptors (Lipinski definition) is 9. The first-order valence-corrected chi connectivity index (χ1v) is 13.1. The molecule has 0 spiro atoms. The van der Waals surface area contributed by atoms with Crippen molar-refractivity contribution in [3.05, 3.63) is 41.2 Å². The molecule has 2 aliphatic rings. The zero-order chi connectivity index (χ0) is 25.0. The third-order valence-corrected chi connectivity index (χ3v) is 8.16. The molecule has 1 N–H and O–H groups in total. The van der Waals surface area contributed by atoms with Gasteiger partial charge in [0.25, 0.3) is 5.91 Å². The maximum absolute atomic E-state index is 13.3. The van der Waals surface area contributed by atoms with Crippen molar-refractivity contribution in [2.24, 2.45) is 5.16 Å². The molecule has 188 valence electrons. The van der Waals surface area contributed by atoms with E-state index in [1.807, 2.05) is 0 Å². The van der Waals surface area contributed by atoms with E-state index >= 15 is 0 Å². The quantitative estimate of drug-likeness (QED) is 0.426. The Kier molecular flexibility index (Phi) is 7.74. The molecule has 2 fully saturated rings. The van der Waals surface area contributed by atoms with Gasteiger partial charge in [0.15, 0.2) is 22.1 Å². The van der Waals surface area contributed by atoms with Gasteiger partial charge < -0.3 is 14.5 Å². The van der Waals surface area contributed by atoms with Gasteiger partial charge >= 0.3 is 0 Å². The first-order valence-electron chi connectivity index (χ1n) is 10.8. The highest BCUT2D eigenvalue weighted by atomic mass is 32.2. The summed E-state index contributed by atoms with van der Waals surface area (Å²) in [5, 5.41) is 5.96. The molecule has 1 aromatic heterocycles. The lowest BCUT2D eigenvalue weighted by atomic mass is 10.1. The SMILES string of the molecule is CC(=O)N1CCN(S(=O)(=O)c2ccc(C(=NO[C@@H]3CCOC3)C(=O)Nc3ncc(F)s3)cc2)CC1. The number of anilines is 1. The fourth-order valence-corrected chi connectivity index (χ4v) is 5.56. The maximum Gasteiger partial charge on any atom is 0.280 e. The first kappa shape index (κ1) is 25.2. The third-order valence-electron chi connectivity index (χ3n) is 5.54. The van der Waals surface area contributed by atoms with Crippen molar-refractivity contribution in [2.75, 3.05) is 44.7 Å². The summed E-state index contributed by atoms with van der Waals surface area (Å²) in [6, 6.07) is 5.67. The number of ether oxygens (including phenoxy) is 1. The Hall–Kier alpha value is -2.94. The maximum atomic E-state index is 13.3. The lowest BCUT2D eigenvalue weighted by Gasteiger charge is -2.33. The van der Waals surface area contributed by atoms with E-state index in [9.17, 15) is 22.4 Å². The fourth-order valence-electron chi connectivity index (χ4n) is 3.59. The van der Waals surface area contributed by atoms with Crippen LogP contribution in [0.3, 0.4) is 0 Å². The molecule has 2 aromatic rings. The Morgan fingerprint density at radius 2 is 1.94 bits per heavy atom. The van der Waals surface area contributed by atoms with Gasteiger partial charge in [-0.1, -0.05) is 28.6 Å². The van der Waals surface area contributed by atoms with Crippen molar-refractivity contribution in [1.29, 1.82) is 0 Å². The highest BCUT2D eigenvalue weighted by Gasteiger charge is 2.29. The van der Waals surface area contributed by atoms with Crippen molar-refractivity contribution >= 4 is 44.0 Å². The number of rotatable bonds is 7. The Bertz CT molecular complexity index is 1200. The molecular weight excluding hydrogens is 501 g/mol. The van der Waals surface area contributed by atoms with Crippen LogP contribution in [-0.2, 0) is 29.2 Å². The van der Waals surface area contributed by atoms with Crippen molar-refractivity contribution < 1.29 is 32.0 Å². The van der Waals surface area contributed by atoms with Gasteiger partial charge in [-0.3, -0.25) is 14.9 Å². The summed E-state index contributed by atoms with van der Waals surface area (Å²) in [7, 11) is -3.79. The van der Waals surface area contributed by atoms with Crippen molar-refractivity contribution in [3.63, 3.8) is 0 Å². The molecule has 14 heteroatoms. The molecule has 2 aliphatic heterocycles. The monoisotopic (exact) mass is 525 g/mol. The van der Waals surface area contributed by atoms with Gasteiger partial charge in [0, 0.05) is 45.1 Å². The van der Waals surface area contributed by atoms with Crippen LogP contribution in [0.4, 0.5) is 9.52 Å². The number of nitrogens with one attached hydrogen (secondary N) is 1. The van der Waals surface area contributed by atoms with Crippen LogP contribution in [0.5, 0.6) is 0 Å². The Morgan fingerprint density at radius 3 is 2.51 bits per heavy atom. The second-order valence-corrected chi connectivity index (χ2v) is 10.8. The van der Waals surface area contributed by atoms with Crippen LogP contribution in [0.1, 0.15) is 18.9 Å². The van der Waals surface area contributed by atoms with Gasteiger partial charge in [0.1, 0.15) is 0 Å². The summed E-state index contributed by atoms with van der Waals surface area (Å²) in [6.07, 6.45) is 1.28. The second kappa shape index (κ2) is 10.8. The molecular formula is C21H24FN5O6S2. The molecule has 2 saturated heterocycles. The standard InChI is InChI=1S/C21H24FN5O6S2/c1-14(28)26-7-9-27(10-8-26)35(30,31)17-4-2-15(3-5-17)19(25-33-16-6-11-32-13-16)20(29)24-21-23-12-18(22)34-21/h2-5,12,16H,6-11,13H2,1H3,(H,23,24,29)/t16-/m1/s1. The third kappa shape index (κ3) is 6.01. The summed E-state index contributed by atoms with van der Waals surface area (Å²) in [5.74, 6) is -0.780. The summed E-state index contributed by atoms with van der Waals surface area (Å²) < 4.78 is 46.0. The number of benzene rings is 1. The molecule has 35 heavy (non-hydrogen) atoms. The molecule has 0 unspecified atom stereocenters. The van der Waals surface area contributed by atoms with E-state index in [0.29, 0.717) is 49.6 Å². The van der Waals surface area contributed by atoms with Gasteiger partial charge in [-0.25, -0.2) is 13.4 Å². The summed E-state index contributed by atoms with van der Waals surface area (Å²) >= 11 is 0.661. The number of thiazole rings is 1. The average Bonchev–Trinajstić information content (AvgIpc) is 3.51. The fraction of sp³-hybridized carbons (Fsp3) is 0.429. The second-order valence-electron chi connectivity index (χ2n) is 7.89. The lowest BCUT2D eigenvalue weighted by molar-refractivity contribution is -0.130. The van der Waals surface area contributed by atoms with E-state index < -0.39 is 21.1 Å². The largest absolute Gasteiger partial charge is 0.389 e. The van der Waals surface area contributed by atoms with E-state index in [1.54, 1.807) is 4.90 Å². The molecule has 1 aromatic carbocycles. The zero-order valence-electron chi connectivity index (χ0n) is 18.8. The number of amides is 2. The van der Waals surface area contributed by atoms with Crippen molar-refractivity contribution in [2.45, 2.75) is 24.3 Å². The Morgan fingerprint density at radius 1 is 1.23 bits per heavy atom. The lowest BCUT2D eigenvalue weighted by Crippen LogP contribution is -2.49. The molecule has 0 radical (unpaired) electrons. The highest BCUT2D eigenvalue weighted by molar-refractivity contribution is 7.89. The van der Waals surface area contributed by atoms with Crippen LogP contribution >= 0.6 is 11.3 Å². The molecule has 3 heterocycles. The van der Waals surface area contributed by atoms with E-state index in [-0.39, 0.29) is 40.8 Å². The number of carbonyl (C=O) groups is 2. The van der Waals surface area contributed by atoms with Crippen LogP contribution in [0.15, 0.2) is 40.5 Å². The predicted octanol–water partition coefficient (Wildman–Crippen LogP) is 1.28. The molecule has 4 rings (SSSR count). The van der Waals surface area contributed by atoms with Crippen LogP contribution in [0, 0.1) is 5.13 Å². The summed E-state index contributed by atoms with van der Waals surface area (Å²) in [6.45, 7) is 3.34. The molecule has 11 nitrogen and oxygen atoms in total. The average molecular weight is 526 g/mol. The molecule has 1 atom stereocenters. The van der Waals surface area contributed by atoms with E-state index in [2.05, 4.69) is 15.5 Å². The number of piperazine rings is 1. The van der Waals surface area contributed by atoms with Gasteiger partial charge in [-0.05, 0) is 12.1 Å². The number of sulfonamides is 1. The molecule has 0 bridgehead atoms. The number of halogens is 1. The van der Waals surface area contributed by atoms with Gasteiger partial charge in [-0.15, -0.1) is 0 Å². The minimum absolute atomic E-state index is 0.0457. The van der Waals surface area contributed by atoms with Crippen LogP contribution in [0.2, 0.25) is 0 Å². The molecule has 2 amide bonds. The van der Waals surface area contributed by atoms with Crippen molar-refractivity contribution in [3.8, 4) is 0 Å². The summed E-state index contributed by atoms with van der Waals surface area (Å²) in [4.78, 5) is 35.3. The Balaban J connectivity index is 1.53. The summed E-state index contributed by atoms with van der Waals surface area (Å²) in [5.41, 5.74) is 0.185. The van der Waals surface area contributed by atoms with E-state index in [4.69, 9.17) is 9.57 Å². The van der Waals surface area contributed by atoms with Crippen LogP contribution in [0.25, 0.3) is 0 Å². The number of nitrogens with zero attached hydrogens (tertiary/aromatic N) is 4. The van der Waals surface area contributed by atoms with Crippen molar-refractivity contribution in [1.82, 2.24) is 14.2 Å². The van der Waals surface area contributed by atoms with E-state index in [0.717, 1.165) is 6.20 Å². The number of carbonyl (C=O) groups excluding carboxylic acids is 2. The number of aromatic nitrogens is 1. The number of hydrogen-bond donors (Lipinski definition) is 1. The number of oxime groups is 1. The smallest absolute Gasteiger partial charge is 0.280 e.